The maximum absolute atomic E-state index is 12.5. The van der Waals surface area contributed by atoms with E-state index in [4.69, 9.17) is 4.74 Å². The average Bonchev–Trinajstić information content (AvgIpc) is 2.81. The molecule has 0 bridgehead atoms. The summed E-state index contributed by atoms with van der Waals surface area (Å²) in [5.74, 6) is 1.88. The Kier molecular flexibility index (Phi) is 7.05. The quantitative estimate of drug-likeness (QED) is 0.584. The fraction of sp³-hybridized carbons (Fsp3) is 0.407. The molecule has 1 aliphatic rings. The van der Waals surface area contributed by atoms with Crippen molar-refractivity contribution in [1.29, 1.82) is 0 Å². The molecule has 4 rings (SSSR count). The predicted octanol–water partition coefficient (Wildman–Crippen LogP) is 4.80. The molecule has 5 heteroatoms. The van der Waals surface area contributed by atoms with Gasteiger partial charge < -0.3 is 15.0 Å². The largest absolute Gasteiger partial charge is 0.493 e. The lowest BCUT2D eigenvalue weighted by Crippen LogP contribution is -2.31. The topological polar surface area (TPSA) is 54.5 Å². The Labute approximate surface area is 190 Å². The van der Waals surface area contributed by atoms with Crippen LogP contribution < -0.4 is 10.1 Å². The molecule has 0 spiro atoms. The third-order valence-electron chi connectivity index (χ3n) is 6.44. The van der Waals surface area contributed by atoms with E-state index in [0.717, 1.165) is 60.3 Å². The zero-order valence-electron chi connectivity index (χ0n) is 19.3. The van der Waals surface area contributed by atoms with Crippen LogP contribution in [-0.4, -0.2) is 49.6 Å². The second-order valence-electron chi connectivity index (χ2n) is 8.93. The summed E-state index contributed by atoms with van der Waals surface area (Å²) in [6.45, 7) is 4.73. The molecule has 1 fully saturated rings. The summed E-state index contributed by atoms with van der Waals surface area (Å²) in [6, 6.07) is 18.4. The van der Waals surface area contributed by atoms with E-state index in [2.05, 4.69) is 28.5 Å². The normalized spacial score (nSPS) is 15.5. The van der Waals surface area contributed by atoms with Gasteiger partial charge in [0.2, 0.25) is 0 Å². The van der Waals surface area contributed by atoms with Gasteiger partial charge in [-0.2, -0.15) is 0 Å². The van der Waals surface area contributed by atoms with Gasteiger partial charge in [-0.25, -0.2) is 0 Å². The molecule has 168 valence electrons. The number of hydrogen-bond acceptors (Lipinski definition) is 4. The lowest BCUT2D eigenvalue weighted by atomic mass is 9.78. The second kappa shape index (κ2) is 10.1. The number of carbonyl (C=O) groups is 1. The van der Waals surface area contributed by atoms with Crippen molar-refractivity contribution in [3.05, 3.63) is 71.4 Å². The number of piperidine rings is 1. The summed E-state index contributed by atoms with van der Waals surface area (Å²) in [5.41, 5.74) is 3.96. The summed E-state index contributed by atoms with van der Waals surface area (Å²) in [7, 11) is 3.60. The summed E-state index contributed by atoms with van der Waals surface area (Å²) < 4.78 is 6.29. The molecule has 0 radical (unpaired) electrons. The first-order valence-electron chi connectivity index (χ1n) is 11.5. The molecule has 1 saturated heterocycles. The molecule has 0 saturated carbocycles. The predicted molar refractivity (Wildman–Crippen MR) is 129 cm³/mol. The fourth-order valence-corrected chi connectivity index (χ4v) is 4.73. The molecule has 2 heterocycles. The molecule has 5 nitrogen and oxygen atoms in total. The minimum absolute atomic E-state index is 0.0470. The van der Waals surface area contributed by atoms with E-state index < -0.39 is 0 Å². The van der Waals surface area contributed by atoms with E-state index >= 15 is 0 Å². The Morgan fingerprint density at radius 1 is 1.12 bits per heavy atom. The van der Waals surface area contributed by atoms with Gasteiger partial charge in [0.25, 0.3) is 5.91 Å². The summed E-state index contributed by atoms with van der Waals surface area (Å²) in [4.78, 5) is 18.8. The molecule has 1 atom stereocenters. The van der Waals surface area contributed by atoms with Gasteiger partial charge in [-0.15, -0.1) is 0 Å². The summed E-state index contributed by atoms with van der Waals surface area (Å²) in [6.07, 6.45) is 3.21. The van der Waals surface area contributed by atoms with Gasteiger partial charge in [-0.05, 0) is 93.1 Å². The number of carbonyl (C=O) groups excluding carboxylic acids is 1. The average molecular weight is 432 g/mol. The van der Waals surface area contributed by atoms with Crippen molar-refractivity contribution in [3.63, 3.8) is 0 Å². The third kappa shape index (κ3) is 5.10. The van der Waals surface area contributed by atoms with Crippen LogP contribution in [-0.2, 0) is 0 Å². The lowest BCUT2D eigenvalue weighted by Gasteiger charge is -2.31. The van der Waals surface area contributed by atoms with Crippen LogP contribution in [0.1, 0.15) is 46.8 Å². The SMILES string of the molecule is Cc1ccc2c(OCCC(c3cccc(C(=O)N(C)C)c3)C3CCNCC3)cccc2n1. The van der Waals surface area contributed by atoms with Crippen LogP contribution in [0.25, 0.3) is 10.9 Å². The Hall–Kier alpha value is -2.92. The molecular formula is C27H33N3O2. The number of fused-ring (bicyclic) bond motifs is 1. The van der Waals surface area contributed by atoms with E-state index in [-0.39, 0.29) is 5.91 Å². The lowest BCUT2D eigenvalue weighted by molar-refractivity contribution is 0.0827. The van der Waals surface area contributed by atoms with Crippen molar-refractivity contribution in [3.8, 4) is 5.75 Å². The van der Waals surface area contributed by atoms with Crippen molar-refractivity contribution in [2.45, 2.75) is 32.1 Å². The minimum atomic E-state index is 0.0470. The van der Waals surface area contributed by atoms with E-state index in [1.54, 1.807) is 19.0 Å². The van der Waals surface area contributed by atoms with Crippen LogP contribution in [0.15, 0.2) is 54.6 Å². The van der Waals surface area contributed by atoms with Crippen LogP contribution in [0.3, 0.4) is 0 Å². The molecule has 1 aromatic heterocycles. The number of hydrogen-bond donors (Lipinski definition) is 1. The van der Waals surface area contributed by atoms with Crippen LogP contribution in [0.5, 0.6) is 5.75 Å². The summed E-state index contributed by atoms with van der Waals surface area (Å²) >= 11 is 0. The van der Waals surface area contributed by atoms with Crippen molar-refractivity contribution < 1.29 is 9.53 Å². The maximum atomic E-state index is 12.5. The molecule has 1 N–H and O–H groups in total. The molecule has 0 aliphatic carbocycles. The van der Waals surface area contributed by atoms with Gasteiger partial charge in [0.1, 0.15) is 5.75 Å². The van der Waals surface area contributed by atoms with Gasteiger partial charge in [-0.3, -0.25) is 9.78 Å². The third-order valence-corrected chi connectivity index (χ3v) is 6.44. The Morgan fingerprint density at radius 3 is 2.69 bits per heavy atom. The van der Waals surface area contributed by atoms with Gasteiger partial charge in [-0.1, -0.05) is 18.2 Å². The number of nitrogens with zero attached hydrogens (tertiary/aromatic N) is 2. The van der Waals surface area contributed by atoms with Crippen LogP contribution in [0.4, 0.5) is 0 Å². The van der Waals surface area contributed by atoms with Gasteiger partial charge in [0.15, 0.2) is 0 Å². The molecule has 1 amide bonds. The highest BCUT2D eigenvalue weighted by Crippen LogP contribution is 2.35. The number of benzene rings is 2. The highest BCUT2D eigenvalue weighted by molar-refractivity contribution is 5.94. The van der Waals surface area contributed by atoms with Crippen LogP contribution in [0.2, 0.25) is 0 Å². The standard InChI is InChI=1S/C27H33N3O2/c1-19-10-11-24-25(29-19)8-5-9-26(24)32-17-14-23(20-12-15-28-16-13-20)21-6-4-7-22(18-21)27(31)30(2)3/h4-11,18,20,23,28H,12-17H2,1-3H3. The van der Waals surface area contributed by atoms with E-state index in [1.165, 1.54) is 5.56 Å². The fourth-order valence-electron chi connectivity index (χ4n) is 4.73. The number of aromatic nitrogens is 1. The van der Waals surface area contributed by atoms with Crippen LogP contribution >= 0.6 is 0 Å². The van der Waals surface area contributed by atoms with E-state index in [0.29, 0.717) is 18.4 Å². The monoisotopic (exact) mass is 431 g/mol. The van der Waals surface area contributed by atoms with Gasteiger partial charge in [0, 0.05) is 30.7 Å². The van der Waals surface area contributed by atoms with Gasteiger partial charge in [0.05, 0.1) is 12.1 Å². The first-order chi connectivity index (χ1) is 15.5. The first kappa shape index (κ1) is 22.3. The number of aryl methyl sites for hydroxylation is 1. The number of nitrogens with one attached hydrogen (secondary N) is 1. The van der Waals surface area contributed by atoms with Crippen molar-refractivity contribution >= 4 is 16.8 Å². The Morgan fingerprint density at radius 2 is 1.91 bits per heavy atom. The molecular weight excluding hydrogens is 398 g/mol. The minimum Gasteiger partial charge on any atom is -0.493 e. The zero-order chi connectivity index (χ0) is 22.5. The van der Waals surface area contributed by atoms with Gasteiger partial charge >= 0.3 is 0 Å². The Balaban J connectivity index is 1.53. The van der Waals surface area contributed by atoms with Crippen molar-refractivity contribution in [1.82, 2.24) is 15.2 Å². The van der Waals surface area contributed by atoms with E-state index in [1.807, 2.05) is 43.3 Å². The van der Waals surface area contributed by atoms with E-state index in [9.17, 15) is 4.79 Å². The molecule has 3 aromatic rings. The van der Waals surface area contributed by atoms with Crippen molar-refractivity contribution in [2.24, 2.45) is 5.92 Å². The number of ether oxygens (including phenoxy) is 1. The first-order valence-corrected chi connectivity index (χ1v) is 11.5. The molecule has 2 aromatic carbocycles. The molecule has 1 unspecified atom stereocenters. The smallest absolute Gasteiger partial charge is 0.253 e. The molecule has 32 heavy (non-hydrogen) atoms. The van der Waals surface area contributed by atoms with Crippen LogP contribution in [0, 0.1) is 12.8 Å². The van der Waals surface area contributed by atoms with Crippen molar-refractivity contribution in [2.75, 3.05) is 33.8 Å². The zero-order valence-corrected chi connectivity index (χ0v) is 19.3. The second-order valence-corrected chi connectivity index (χ2v) is 8.93. The maximum Gasteiger partial charge on any atom is 0.253 e. The highest BCUT2D eigenvalue weighted by atomic mass is 16.5. The number of pyridine rings is 1. The summed E-state index contributed by atoms with van der Waals surface area (Å²) in [5, 5.41) is 4.52. The molecule has 1 aliphatic heterocycles. The highest BCUT2D eigenvalue weighted by Gasteiger charge is 2.26. The number of rotatable bonds is 7. The number of amides is 1. The Bertz CT molecular complexity index is 1070.